The van der Waals surface area contributed by atoms with Crippen LogP contribution in [0.5, 0.6) is 0 Å². The molecule has 0 saturated heterocycles. The number of nitrogen functional groups attached to an aromatic ring is 1. The fourth-order valence-electron chi connectivity index (χ4n) is 1.23. The number of rotatable bonds is 3. The molecule has 0 aliphatic carbocycles. The lowest BCUT2D eigenvalue weighted by atomic mass is 10.2. The number of nitrogens with two attached hydrogens (primary N) is 1. The molecule has 0 amide bonds. The maximum absolute atomic E-state index is 12.9. The van der Waals surface area contributed by atoms with E-state index >= 15 is 0 Å². The second-order valence-electron chi connectivity index (χ2n) is 3.17. The minimum atomic E-state index is -0.231. The molecule has 0 bridgehead atoms. The van der Waals surface area contributed by atoms with Gasteiger partial charge in [0.2, 0.25) is 0 Å². The van der Waals surface area contributed by atoms with E-state index in [1.54, 1.807) is 18.5 Å². The molecule has 0 spiro atoms. The molecule has 2 aromatic rings. The van der Waals surface area contributed by atoms with E-state index in [0.717, 1.165) is 5.56 Å². The van der Waals surface area contributed by atoms with Crippen LogP contribution in [-0.2, 0) is 5.75 Å². The Morgan fingerprint density at radius 3 is 2.81 bits per heavy atom. The molecule has 2 rings (SSSR count). The predicted octanol–water partition coefficient (Wildman–Crippen LogP) is 2.49. The summed E-state index contributed by atoms with van der Waals surface area (Å²) in [5.74, 6) is 0.801. The zero-order chi connectivity index (χ0) is 11.4. The summed E-state index contributed by atoms with van der Waals surface area (Å²) in [6.07, 6.45) is 3.13. The molecule has 0 saturated carbocycles. The minimum absolute atomic E-state index is 0.231. The molecular weight excluding hydrogens is 225 g/mol. The summed E-state index contributed by atoms with van der Waals surface area (Å²) in [4.78, 5) is 8.03. The molecular formula is C11H10FN3S. The van der Waals surface area contributed by atoms with Crippen molar-refractivity contribution in [1.29, 1.82) is 0 Å². The summed E-state index contributed by atoms with van der Waals surface area (Å²) in [7, 11) is 0. The Bertz CT molecular complexity index is 490. The molecule has 1 heterocycles. The van der Waals surface area contributed by atoms with Crippen LogP contribution >= 0.6 is 11.8 Å². The van der Waals surface area contributed by atoms with Crippen LogP contribution in [0.2, 0.25) is 0 Å². The average Bonchev–Trinajstić information content (AvgIpc) is 2.28. The molecule has 82 valence electrons. The van der Waals surface area contributed by atoms with Crippen molar-refractivity contribution in [3.05, 3.63) is 48.0 Å². The number of nitrogens with zero attached hydrogens (tertiary/aromatic N) is 2. The smallest absolute Gasteiger partial charge is 0.156 e. The van der Waals surface area contributed by atoms with Gasteiger partial charge in [-0.2, -0.15) is 0 Å². The van der Waals surface area contributed by atoms with Crippen molar-refractivity contribution in [2.24, 2.45) is 0 Å². The predicted molar refractivity (Wildman–Crippen MR) is 62.4 cm³/mol. The summed E-state index contributed by atoms with van der Waals surface area (Å²) in [5.41, 5.74) is 6.54. The molecule has 0 aliphatic rings. The van der Waals surface area contributed by atoms with Gasteiger partial charge in [0.05, 0.1) is 0 Å². The van der Waals surface area contributed by atoms with Gasteiger partial charge in [-0.1, -0.05) is 23.9 Å². The van der Waals surface area contributed by atoms with Gasteiger partial charge in [-0.05, 0) is 17.7 Å². The standard InChI is InChI=1S/C11H10FN3S/c12-9-3-1-2-8(6-9)7-16-11-10(13)14-4-5-15-11/h1-6H,7H2,(H2,13,14). The van der Waals surface area contributed by atoms with Gasteiger partial charge in [0, 0.05) is 18.1 Å². The van der Waals surface area contributed by atoms with Gasteiger partial charge in [0.25, 0.3) is 0 Å². The van der Waals surface area contributed by atoms with Gasteiger partial charge < -0.3 is 5.73 Å². The monoisotopic (exact) mass is 235 g/mol. The molecule has 0 atom stereocenters. The fraction of sp³-hybridized carbons (Fsp3) is 0.0909. The van der Waals surface area contributed by atoms with E-state index in [4.69, 9.17) is 5.73 Å². The molecule has 1 aromatic heterocycles. The molecule has 3 nitrogen and oxygen atoms in total. The molecule has 0 unspecified atom stereocenters. The lowest BCUT2D eigenvalue weighted by Crippen LogP contribution is -1.95. The first-order chi connectivity index (χ1) is 7.75. The summed E-state index contributed by atoms with van der Waals surface area (Å²) in [5, 5.41) is 0.673. The van der Waals surface area contributed by atoms with E-state index < -0.39 is 0 Å². The Morgan fingerprint density at radius 2 is 2.06 bits per heavy atom. The van der Waals surface area contributed by atoms with E-state index in [2.05, 4.69) is 9.97 Å². The second kappa shape index (κ2) is 4.94. The number of anilines is 1. The molecule has 16 heavy (non-hydrogen) atoms. The first-order valence-corrected chi connectivity index (χ1v) is 5.68. The maximum atomic E-state index is 12.9. The van der Waals surface area contributed by atoms with Gasteiger partial charge >= 0.3 is 0 Å². The van der Waals surface area contributed by atoms with Crippen molar-refractivity contribution in [3.63, 3.8) is 0 Å². The van der Waals surface area contributed by atoms with Gasteiger partial charge in [0.15, 0.2) is 5.82 Å². The Labute approximate surface area is 96.9 Å². The summed E-state index contributed by atoms with van der Waals surface area (Å²) >= 11 is 1.44. The summed E-state index contributed by atoms with van der Waals surface area (Å²) < 4.78 is 12.9. The lowest BCUT2D eigenvalue weighted by molar-refractivity contribution is 0.626. The van der Waals surface area contributed by atoms with Crippen LogP contribution in [0, 0.1) is 5.82 Å². The SMILES string of the molecule is Nc1nccnc1SCc1cccc(F)c1. The minimum Gasteiger partial charge on any atom is -0.381 e. The van der Waals surface area contributed by atoms with Crippen LogP contribution in [0.3, 0.4) is 0 Å². The quantitative estimate of drug-likeness (QED) is 0.830. The molecule has 2 N–H and O–H groups in total. The normalized spacial score (nSPS) is 10.3. The number of thioether (sulfide) groups is 1. The Morgan fingerprint density at radius 1 is 1.25 bits per heavy atom. The molecule has 0 fully saturated rings. The highest BCUT2D eigenvalue weighted by molar-refractivity contribution is 7.98. The van der Waals surface area contributed by atoms with Gasteiger partial charge in [-0.15, -0.1) is 0 Å². The summed E-state index contributed by atoms with van der Waals surface area (Å²) in [6, 6.07) is 6.47. The second-order valence-corrected chi connectivity index (χ2v) is 4.13. The number of hydrogen-bond donors (Lipinski definition) is 1. The van der Waals surface area contributed by atoms with Crippen molar-refractivity contribution in [1.82, 2.24) is 9.97 Å². The number of hydrogen-bond acceptors (Lipinski definition) is 4. The third kappa shape index (κ3) is 2.70. The van der Waals surface area contributed by atoms with Crippen molar-refractivity contribution < 1.29 is 4.39 Å². The van der Waals surface area contributed by atoms with E-state index in [-0.39, 0.29) is 5.82 Å². The largest absolute Gasteiger partial charge is 0.381 e. The Hall–Kier alpha value is -1.62. The third-order valence-corrected chi connectivity index (χ3v) is 3.02. The number of benzene rings is 1. The summed E-state index contributed by atoms with van der Waals surface area (Å²) in [6.45, 7) is 0. The molecule has 5 heteroatoms. The Kier molecular flexibility index (Phi) is 3.36. The van der Waals surface area contributed by atoms with Crippen molar-refractivity contribution in [3.8, 4) is 0 Å². The van der Waals surface area contributed by atoms with Crippen molar-refractivity contribution in [2.45, 2.75) is 10.8 Å². The lowest BCUT2D eigenvalue weighted by Gasteiger charge is -2.03. The van der Waals surface area contributed by atoms with E-state index in [1.807, 2.05) is 6.07 Å². The van der Waals surface area contributed by atoms with E-state index in [1.165, 1.54) is 23.9 Å². The zero-order valence-electron chi connectivity index (χ0n) is 8.43. The maximum Gasteiger partial charge on any atom is 0.156 e. The highest BCUT2D eigenvalue weighted by atomic mass is 32.2. The average molecular weight is 235 g/mol. The Balaban J connectivity index is 2.05. The number of aromatic nitrogens is 2. The topological polar surface area (TPSA) is 51.8 Å². The van der Waals surface area contributed by atoms with Crippen LogP contribution in [0.15, 0.2) is 41.7 Å². The third-order valence-electron chi connectivity index (χ3n) is 1.96. The van der Waals surface area contributed by atoms with E-state index in [9.17, 15) is 4.39 Å². The van der Waals surface area contributed by atoms with Gasteiger partial charge in [-0.25, -0.2) is 14.4 Å². The molecule has 1 aromatic carbocycles. The first-order valence-electron chi connectivity index (χ1n) is 4.69. The van der Waals surface area contributed by atoms with Crippen LogP contribution < -0.4 is 5.73 Å². The van der Waals surface area contributed by atoms with E-state index in [0.29, 0.717) is 16.6 Å². The highest BCUT2D eigenvalue weighted by Crippen LogP contribution is 2.24. The van der Waals surface area contributed by atoms with Crippen molar-refractivity contribution >= 4 is 17.6 Å². The molecule has 0 radical (unpaired) electrons. The zero-order valence-corrected chi connectivity index (χ0v) is 9.25. The first kappa shape index (κ1) is 10.9. The van der Waals surface area contributed by atoms with Crippen molar-refractivity contribution in [2.75, 3.05) is 5.73 Å². The number of halogens is 1. The van der Waals surface area contributed by atoms with Crippen LogP contribution in [0.25, 0.3) is 0 Å². The van der Waals surface area contributed by atoms with Crippen LogP contribution in [0.4, 0.5) is 10.2 Å². The van der Waals surface area contributed by atoms with Crippen LogP contribution in [0.1, 0.15) is 5.56 Å². The van der Waals surface area contributed by atoms with Crippen LogP contribution in [-0.4, -0.2) is 9.97 Å². The fourth-order valence-corrected chi connectivity index (χ4v) is 2.04. The van der Waals surface area contributed by atoms with Gasteiger partial charge in [0.1, 0.15) is 10.8 Å². The molecule has 0 aliphatic heterocycles. The highest BCUT2D eigenvalue weighted by Gasteiger charge is 2.02. The van der Waals surface area contributed by atoms with Gasteiger partial charge in [-0.3, -0.25) is 0 Å².